The zero-order chi connectivity index (χ0) is 13.8. The summed E-state index contributed by atoms with van der Waals surface area (Å²) in [6.45, 7) is 1.58. The minimum absolute atomic E-state index is 0.182. The predicted molar refractivity (Wildman–Crippen MR) is 70.9 cm³/mol. The molecule has 0 heterocycles. The molecule has 0 fully saturated rings. The highest BCUT2D eigenvalue weighted by Gasteiger charge is 2.16. The molecule has 0 aromatic heterocycles. The number of sulfonamides is 1. The molecule has 0 saturated carbocycles. The van der Waals surface area contributed by atoms with Crippen LogP contribution in [-0.2, 0) is 21.2 Å². The molecule has 0 aliphatic carbocycles. The quantitative estimate of drug-likeness (QED) is 0.792. The summed E-state index contributed by atoms with van der Waals surface area (Å²) in [5.41, 5.74) is 1.05. The van der Waals surface area contributed by atoms with E-state index in [1.807, 2.05) is 0 Å². The standard InChI is InChI=1S/C13H19NO3S/c1-11(15)5-4-6-12-7-9-13(10-8-12)18(16,17)14(2)3/h7-10H,4-6H2,1-3H3. The van der Waals surface area contributed by atoms with E-state index in [0.717, 1.165) is 18.4 Å². The third-order valence-electron chi connectivity index (χ3n) is 2.70. The van der Waals surface area contributed by atoms with Crippen molar-refractivity contribution in [2.45, 2.75) is 31.1 Å². The van der Waals surface area contributed by atoms with Crippen LogP contribution >= 0.6 is 0 Å². The van der Waals surface area contributed by atoms with E-state index in [0.29, 0.717) is 11.3 Å². The number of hydrogen-bond acceptors (Lipinski definition) is 3. The van der Waals surface area contributed by atoms with Gasteiger partial charge >= 0.3 is 0 Å². The summed E-state index contributed by atoms with van der Waals surface area (Å²) in [5.74, 6) is 0.182. The SMILES string of the molecule is CC(=O)CCCc1ccc(S(=O)(=O)N(C)C)cc1. The Labute approximate surface area is 109 Å². The lowest BCUT2D eigenvalue weighted by Gasteiger charge is -2.11. The second-order valence-corrected chi connectivity index (χ2v) is 6.64. The van der Waals surface area contributed by atoms with Crippen molar-refractivity contribution < 1.29 is 13.2 Å². The lowest BCUT2D eigenvalue weighted by Crippen LogP contribution is -2.22. The van der Waals surface area contributed by atoms with E-state index in [4.69, 9.17) is 0 Å². The first-order valence-corrected chi connectivity index (χ1v) is 7.29. The Kier molecular flexibility index (Phi) is 5.04. The van der Waals surface area contributed by atoms with Crippen LogP contribution in [0.25, 0.3) is 0 Å². The van der Waals surface area contributed by atoms with E-state index in [1.54, 1.807) is 31.2 Å². The molecule has 1 rings (SSSR count). The summed E-state index contributed by atoms with van der Waals surface area (Å²) >= 11 is 0. The van der Waals surface area contributed by atoms with Crippen LogP contribution in [0.4, 0.5) is 0 Å². The van der Waals surface area contributed by atoms with Crippen LogP contribution in [-0.4, -0.2) is 32.6 Å². The molecule has 0 bridgehead atoms. The summed E-state index contributed by atoms with van der Waals surface area (Å²) in [6, 6.07) is 6.82. The van der Waals surface area contributed by atoms with Gasteiger partial charge in [-0.05, 0) is 37.5 Å². The molecule has 18 heavy (non-hydrogen) atoms. The van der Waals surface area contributed by atoms with Gasteiger partial charge in [0, 0.05) is 20.5 Å². The molecular weight excluding hydrogens is 250 g/mol. The van der Waals surface area contributed by atoms with Crippen molar-refractivity contribution >= 4 is 15.8 Å². The Morgan fingerprint density at radius 2 is 1.72 bits per heavy atom. The monoisotopic (exact) mass is 269 g/mol. The van der Waals surface area contributed by atoms with Crippen molar-refractivity contribution in [1.29, 1.82) is 0 Å². The number of rotatable bonds is 6. The van der Waals surface area contributed by atoms with Crippen molar-refractivity contribution in [2.24, 2.45) is 0 Å². The highest BCUT2D eigenvalue weighted by molar-refractivity contribution is 7.89. The third-order valence-corrected chi connectivity index (χ3v) is 4.53. The molecule has 100 valence electrons. The Balaban J connectivity index is 2.72. The largest absolute Gasteiger partial charge is 0.300 e. The van der Waals surface area contributed by atoms with Gasteiger partial charge in [-0.1, -0.05) is 12.1 Å². The number of hydrogen-bond donors (Lipinski definition) is 0. The zero-order valence-electron chi connectivity index (χ0n) is 11.0. The molecule has 0 amide bonds. The van der Waals surface area contributed by atoms with Gasteiger partial charge in [0.1, 0.15) is 5.78 Å². The van der Waals surface area contributed by atoms with E-state index in [9.17, 15) is 13.2 Å². The Hall–Kier alpha value is -1.20. The van der Waals surface area contributed by atoms with Crippen molar-refractivity contribution in [3.05, 3.63) is 29.8 Å². The van der Waals surface area contributed by atoms with Crippen LogP contribution < -0.4 is 0 Å². The first-order chi connectivity index (χ1) is 8.34. The number of benzene rings is 1. The number of carbonyl (C=O) groups excluding carboxylic acids is 1. The van der Waals surface area contributed by atoms with E-state index < -0.39 is 10.0 Å². The predicted octanol–water partition coefficient (Wildman–Crippen LogP) is 1.85. The van der Waals surface area contributed by atoms with Crippen LogP contribution in [0.1, 0.15) is 25.3 Å². The van der Waals surface area contributed by atoms with Crippen LogP contribution in [0, 0.1) is 0 Å². The minimum Gasteiger partial charge on any atom is -0.300 e. The summed E-state index contributed by atoms with van der Waals surface area (Å²) in [4.78, 5) is 11.1. The number of nitrogens with zero attached hydrogens (tertiary/aromatic N) is 1. The molecule has 1 aromatic rings. The van der Waals surface area contributed by atoms with Crippen molar-refractivity contribution in [1.82, 2.24) is 4.31 Å². The maximum absolute atomic E-state index is 11.8. The van der Waals surface area contributed by atoms with Crippen LogP contribution in [0.2, 0.25) is 0 Å². The average Bonchev–Trinajstić information content (AvgIpc) is 2.29. The molecule has 0 atom stereocenters. The van der Waals surface area contributed by atoms with Crippen LogP contribution in [0.3, 0.4) is 0 Å². The highest BCUT2D eigenvalue weighted by atomic mass is 32.2. The van der Waals surface area contributed by atoms with Gasteiger partial charge in [-0.3, -0.25) is 0 Å². The Morgan fingerprint density at radius 1 is 1.17 bits per heavy atom. The van der Waals surface area contributed by atoms with E-state index >= 15 is 0 Å². The maximum atomic E-state index is 11.8. The van der Waals surface area contributed by atoms with Gasteiger partial charge < -0.3 is 4.79 Å². The lowest BCUT2D eigenvalue weighted by atomic mass is 10.1. The van der Waals surface area contributed by atoms with Gasteiger partial charge in [-0.25, -0.2) is 12.7 Å². The molecule has 4 nitrogen and oxygen atoms in total. The minimum atomic E-state index is -3.35. The van der Waals surface area contributed by atoms with E-state index in [2.05, 4.69) is 0 Å². The molecule has 0 saturated heterocycles. The van der Waals surface area contributed by atoms with E-state index in [1.165, 1.54) is 18.4 Å². The number of Topliss-reactive ketones (excluding diaryl/α,β-unsaturated/α-hetero) is 1. The fourth-order valence-electron chi connectivity index (χ4n) is 1.58. The number of aryl methyl sites for hydroxylation is 1. The zero-order valence-corrected chi connectivity index (χ0v) is 11.8. The number of carbonyl (C=O) groups is 1. The second kappa shape index (κ2) is 6.11. The molecule has 0 N–H and O–H groups in total. The number of ketones is 1. The lowest BCUT2D eigenvalue weighted by molar-refractivity contribution is -0.117. The normalized spacial score (nSPS) is 11.8. The smallest absolute Gasteiger partial charge is 0.242 e. The first-order valence-electron chi connectivity index (χ1n) is 5.85. The van der Waals surface area contributed by atoms with Gasteiger partial charge in [0.15, 0.2) is 0 Å². The average molecular weight is 269 g/mol. The maximum Gasteiger partial charge on any atom is 0.242 e. The fraction of sp³-hybridized carbons (Fsp3) is 0.462. The van der Waals surface area contributed by atoms with Crippen LogP contribution in [0.5, 0.6) is 0 Å². The molecule has 0 aliphatic heterocycles. The first kappa shape index (κ1) is 14.9. The molecule has 1 aromatic carbocycles. The molecule has 0 radical (unpaired) electrons. The highest BCUT2D eigenvalue weighted by Crippen LogP contribution is 2.15. The van der Waals surface area contributed by atoms with Gasteiger partial charge in [-0.2, -0.15) is 0 Å². The van der Waals surface area contributed by atoms with Gasteiger partial charge in [0.05, 0.1) is 4.90 Å². The molecule has 0 spiro atoms. The second-order valence-electron chi connectivity index (χ2n) is 4.49. The molecule has 0 unspecified atom stereocenters. The summed E-state index contributed by atoms with van der Waals surface area (Å²) in [6.07, 6.45) is 2.16. The topological polar surface area (TPSA) is 54.5 Å². The van der Waals surface area contributed by atoms with E-state index in [-0.39, 0.29) is 5.78 Å². The van der Waals surface area contributed by atoms with Crippen LogP contribution in [0.15, 0.2) is 29.2 Å². The molecule has 5 heteroatoms. The molecule has 0 aliphatic rings. The van der Waals surface area contributed by atoms with Gasteiger partial charge in [0.25, 0.3) is 0 Å². The third kappa shape index (κ3) is 3.92. The summed E-state index contributed by atoms with van der Waals surface area (Å²) in [7, 11) is -0.328. The van der Waals surface area contributed by atoms with Crippen molar-refractivity contribution in [3.8, 4) is 0 Å². The van der Waals surface area contributed by atoms with Crippen molar-refractivity contribution in [2.75, 3.05) is 14.1 Å². The Bertz CT molecular complexity index is 504. The molecular formula is C13H19NO3S. The fourth-order valence-corrected chi connectivity index (χ4v) is 2.48. The van der Waals surface area contributed by atoms with Gasteiger partial charge in [-0.15, -0.1) is 0 Å². The van der Waals surface area contributed by atoms with Crippen molar-refractivity contribution in [3.63, 3.8) is 0 Å². The Morgan fingerprint density at radius 3 is 2.17 bits per heavy atom. The summed E-state index contributed by atoms with van der Waals surface area (Å²) in [5, 5.41) is 0. The van der Waals surface area contributed by atoms with Gasteiger partial charge in [0.2, 0.25) is 10.0 Å². The summed E-state index contributed by atoms with van der Waals surface area (Å²) < 4.78 is 24.8.